The molecule has 1 atom stereocenters. The smallest absolute Gasteiger partial charge is 0.253 e. The van der Waals surface area contributed by atoms with Gasteiger partial charge in [-0.3, -0.25) is 4.79 Å². The molecule has 1 aromatic heterocycles. The lowest BCUT2D eigenvalue weighted by Crippen LogP contribution is -2.48. The number of hydrogen-bond acceptors (Lipinski definition) is 4. The number of carbonyl (C=O) groups excluding carboxylic acids is 1. The molecule has 0 aromatic carbocycles. The van der Waals surface area contributed by atoms with Crippen molar-refractivity contribution in [3.05, 3.63) is 36.8 Å². The van der Waals surface area contributed by atoms with Crippen LogP contribution in [0, 0.1) is 0 Å². The Morgan fingerprint density at radius 2 is 2.35 bits per heavy atom. The number of hydrogen-bond donors (Lipinski definition) is 2. The predicted molar refractivity (Wildman–Crippen MR) is 64.2 cm³/mol. The summed E-state index contributed by atoms with van der Waals surface area (Å²) >= 11 is 0. The molecule has 0 radical (unpaired) electrons. The van der Waals surface area contributed by atoms with Gasteiger partial charge in [-0.15, -0.1) is 0 Å². The van der Waals surface area contributed by atoms with Crippen LogP contribution in [0.4, 0.5) is 5.82 Å². The summed E-state index contributed by atoms with van der Waals surface area (Å²) in [7, 11) is 0. The van der Waals surface area contributed by atoms with Gasteiger partial charge < -0.3 is 15.5 Å². The SMILES string of the molecule is C=C1NC(=O)C2(CCN(c3ccccn3)C2)N1. The highest BCUT2D eigenvalue weighted by molar-refractivity contribution is 5.92. The zero-order valence-electron chi connectivity index (χ0n) is 9.44. The maximum atomic E-state index is 11.9. The highest BCUT2D eigenvalue weighted by Crippen LogP contribution is 2.28. The number of nitrogens with one attached hydrogen (secondary N) is 2. The zero-order chi connectivity index (χ0) is 11.9. The van der Waals surface area contributed by atoms with Crippen molar-refractivity contribution < 1.29 is 4.79 Å². The molecule has 2 aliphatic heterocycles. The molecule has 0 bridgehead atoms. The van der Waals surface area contributed by atoms with Gasteiger partial charge in [0.1, 0.15) is 11.4 Å². The molecular formula is C12H14N4O. The summed E-state index contributed by atoms with van der Waals surface area (Å²) in [6.45, 7) is 5.20. The number of nitrogens with zero attached hydrogens (tertiary/aromatic N) is 2. The van der Waals surface area contributed by atoms with Crippen molar-refractivity contribution in [1.29, 1.82) is 0 Å². The van der Waals surface area contributed by atoms with Crippen LogP contribution in [-0.4, -0.2) is 29.5 Å². The summed E-state index contributed by atoms with van der Waals surface area (Å²) in [5.74, 6) is 1.52. The second-order valence-electron chi connectivity index (χ2n) is 4.50. The fraction of sp³-hybridized carbons (Fsp3) is 0.333. The molecule has 2 aliphatic rings. The second kappa shape index (κ2) is 3.48. The van der Waals surface area contributed by atoms with E-state index in [4.69, 9.17) is 0 Å². The third kappa shape index (κ3) is 1.54. The first-order valence-electron chi connectivity index (χ1n) is 5.64. The van der Waals surface area contributed by atoms with E-state index in [1.807, 2.05) is 18.2 Å². The van der Waals surface area contributed by atoms with Crippen LogP contribution >= 0.6 is 0 Å². The number of anilines is 1. The van der Waals surface area contributed by atoms with E-state index in [1.165, 1.54) is 0 Å². The van der Waals surface area contributed by atoms with Gasteiger partial charge in [-0.25, -0.2) is 4.98 Å². The molecule has 2 saturated heterocycles. The van der Waals surface area contributed by atoms with Gasteiger partial charge in [-0.1, -0.05) is 12.6 Å². The quantitative estimate of drug-likeness (QED) is 0.724. The minimum absolute atomic E-state index is 0.0148. The molecule has 1 spiro atoms. The number of amides is 1. The summed E-state index contributed by atoms with van der Waals surface area (Å²) in [5.41, 5.74) is -0.519. The van der Waals surface area contributed by atoms with Crippen molar-refractivity contribution in [3.63, 3.8) is 0 Å². The molecule has 88 valence electrons. The van der Waals surface area contributed by atoms with Crippen molar-refractivity contribution in [2.24, 2.45) is 0 Å². The lowest BCUT2D eigenvalue weighted by atomic mass is 9.99. The minimum Gasteiger partial charge on any atom is -0.356 e. The van der Waals surface area contributed by atoms with Crippen LogP contribution in [0.5, 0.6) is 0 Å². The molecule has 5 heteroatoms. The third-order valence-corrected chi connectivity index (χ3v) is 3.33. The topological polar surface area (TPSA) is 57.3 Å². The maximum absolute atomic E-state index is 11.9. The summed E-state index contributed by atoms with van der Waals surface area (Å²) in [4.78, 5) is 18.3. The summed E-state index contributed by atoms with van der Waals surface area (Å²) in [6.07, 6.45) is 2.54. The third-order valence-electron chi connectivity index (χ3n) is 3.33. The average Bonchev–Trinajstić information content (AvgIpc) is 2.86. The molecule has 3 rings (SSSR count). The number of aromatic nitrogens is 1. The van der Waals surface area contributed by atoms with E-state index in [0.717, 1.165) is 18.8 Å². The van der Waals surface area contributed by atoms with E-state index >= 15 is 0 Å². The normalized spacial score (nSPS) is 27.4. The van der Waals surface area contributed by atoms with E-state index in [0.29, 0.717) is 12.4 Å². The second-order valence-corrected chi connectivity index (χ2v) is 4.50. The van der Waals surface area contributed by atoms with Crippen molar-refractivity contribution in [3.8, 4) is 0 Å². The van der Waals surface area contributed by atoms with Gasteiger partial charge in [0.25, 0.3) is 5.91 Å². The molecule has 1 aromatic rings. The van der Waals surface area contributed by atoms with E-state index in [9.17, 15) is 4.79 Å². The number of carbonyl (C=O) groups is 1. The molecular weight excluding hydrogens is 216 g/mol. The average molecular weight is 230 g/mol. The first kappa shape index (κ1) is 10.1. The van der Waals surface area contributed by atoms with Gasteiger partial charge in [0.2, 0.25) is 0 Å². The highest BCUT2D eigenvalue weighted by atomic mass is 16.2. The standard InChI is InChI=1S/C12H14N4O/c1-9-14-11(17)12(15-9)5-7-16(8-12)10-4-2-3-6-13-10/h2-4,6,15H,1,5,7-8H2,(H,14,17). The fourth-order valence-electron chi connectivity index (χ4n) is 2.47. The Morgan fingerprint density at radius 1 is 1.47 bits per heavy atom. The van der Waals surface area contributed by atoms with Crippen LogP contribution < -0.4 is 15.5 Å². The van der Waals surface area contributed by atoms with E-state index in [2.05, 4.69) is 27.1 Å². The maximum Gasteiger partial charge on any atom is 0.253 e. The van der Waals surface area contributed by atoms with Crippen LogP contribution in [-0.2, 0) is 4.79 Å². The largest absolute Gasteiger partial charge is 0.356 e. The molecule has 17 heavy (non-hydrogen) atoms. The van der Waals surface area contributed by atoms with Gasteiger partial charge in [0, 0.05) is 12.7 Å². The Hall–Kier alpha value is -2.04. The van der Waals surface area contributed by atoms with Crippen LogP contribution in [0.15, 0.2) is 36.8 Å². The van der Waals surface area contributed by atoms with Crippen LogP contribution in [0.25, 0.3) is 0 Å². The number of rotatable bonds is 1. The Balaban J connectivity index is 1.83. The van der Waals surface area contributed by atoms with E-state index in [1.54, 1.807) is 6.20 Å². The molecule has 0 saturated carbocycles. The summed E-state index contributed by atoms with van der Waals surface area (Å²) < 4.78 is 0. The molecule has 5 nitrogen and oxygen atoms in total. The van der Waals surface area contributed by atoms with Crippen molar-refractivity contribution in [1.82, 2.24) is 15.6 Å². The lowest BCUT2D eigenvalue weighted by molar-refractivity contribution is -0.123. The Bertz CT molecular complexity index is 473. The molecule has 1 amide bonds. The monoisotopic (exact) mass is 230 g/mol. The van der Waals surface area contributed by atoms with Gasteiger partial charge in [0.15, 0.2) is 0 Å². The van der Waals surface area contributed by atoms with Gasteiger partial charge >= 0.3 is 0 Å². The first-order chi connectivity index (χ1) is 8.20. The minimum atomic E-state index is -0.519. The Kier molecular flexibility index (Phi) is 2.07. The van der Waals surface area contributed by atoms with Gasteiger partial charge in [-0.05, 0) is 18.6 Å². The number of pyridine rings is 1. The molecule has 3 heterocycles. The molecule has 2 fully saturated rings. The lowest BCUT2D eigenvalue weighted by Gasteiger charge is -2.22. The fourth-order valence-corrected chi connectivity index (χ4v) is 2.47. The van der Waals surface area contributed by atoms with E-state index < -0.39 is 5.54 Å². The van der Waals surface area contributed by atoms with Crippen molar-refractivity contribution in [2.45, 2.75) is 12.0 Å². The van der Waals surface area contributed by atoms with E-state index in [-0.39, 0.29) is 5.91 Å². The Labute approximate surface area is 99.5 Å². The predicted octanol–water partition coefficient (Wildman–Crippen LogP) is 0.221. The molecule has 2 N–H and O–H groups in total. The van der Waals surface area contributed by atoms with Crippen LogP contribution in [0.2, 0.25) is 0 Å². The molecule has 1 unspecified atom stereocenters. The van der Waals surface area contributed by atoms with Crippen molar-refractivity contribution in [2.75, 3.05) is 18.0 Å². The molecule has 0 aliphatic carbocycles. The van der Waals surface area contributed by atoms with Gasteiger partial charge in [-0.2, -0.15) is 0 Å². The Morgan fingerprint density at radius 3 is 3.00 bits per heavy atom. The van der Waals surface area contributed by atoms with Gasteiger partial charge in [0.05, 0.1) is 12.4 Å². The summed E-state index contributed by atoms with van der Waals surface area (Å²) in [5, 5.41) is 5.88. The first-order valence-corrected chi connectivity index (χ1v) is 5.64. The van der Waals surface area contributed by atoms with Crippen LogP contribution in [0.1, 0.15) is 6.42 Å². The zero-order valence-corrected chi connectivity index (χ0v) is 9.44. The summed E-state index contributed by atoms with van der Waals surface area (Å²) in [6, 6.07) is 5.80. The van der Waals surface area contributed by atoms with Crippen molar-refractivity contribution >= 4 is 11.7 Å². The highest BCUT2D eigenvalue weighted by Gasteiger charge is 2.49. The van der Waals surface area contributed by atoms with Crippen LogP contribution in [0.3, 0.4) is 0 Å².